The first-order valence-corrected chi connectivity index (χ1v) is 8.02. The van der Waals surface area contributed by atoms with Crippen molar-refractivity contribution in [3.8, 4) is 0 Å². The predicted molar refractivity (Wildman–Crippen MR) is 84.1 cm³/mol. The summed E-state index contributed by atoms with van der Waals surface area (Å²) in [7, 11) is 1.75. The van der Waals surface area contributed by atoms with Gasteiger partial charge in [-0.1, -0.05) is 19.8 Å². The number of ketones is 1. The lowest BCUT2D eigenvalue weighted by Crippen LogP contribution is -2.25. The van der Waals surface area contributed by atoms with Crippen molar-refractivity contribution in [1.82, 2.24) is 0 Å². The molecule has 0 radical (unpaired) electrons. The van der Waals surface area contributed by atoms with Gasteiger partial charge >= 0.3 is 0 Å². The molecule has 0 rings (SSSR count). The molecule has 0 saturated heterocycles. The highest BCUT2D eigenvalue weighted by Gasteiger charge is 2.18. The lowest BCUT2D eigenvalue weighted by atomic mass is 9.95. The molecule has 0 aliphatic carbocycles. The van der Waals surface area contributed by atoms with Crippen LogP contribution in [0.5, 0.6) is 0 Å². The molecule has 120 valence electrons. The third-order valence-electron chi connectivity index (χ3n) is 3.85. The third kappa shape index (κ3) is 11.4. The molecule has 3 heteroatoms. The van der Waals surface area contributed by atoms with E-state index >= 15 is 0 Å². The second kappa shape index (κ2) is 11.3. The Morgan fingerprint density at radius 2 is 1.65 bits per heavy atom. The Morgan fingerprint density at radius 1 is 1.05 bits per heavy atom. The van der Waals surface area contributed by atoms with Crippen LogP contribution < -0.4 is 0 Å². The maximum absolute atomic E-state index is 11.2. The van der Waals surface area contributed by atoms with Gasteiger partial charge in [-0.25, -0.2) is 0 Å². The van der Waals surface area contributed by atoms with E-state index in [1.165, 1.54) is 12.8 Å². The van der Waals surface area contributed by atoms with E-state index in [0.717, 1.165) is 45.3 Å². The van der Waals surface area contributed by atoms with E-state index in [1.807, 2.05) is 6.92 Å². The first-order valence-electron chi connectivity index (χ1n) is 8.02. The molecule has 3 nitrogen and oxygen atoms in total. The number of methoxy groups -OCH3 is 1. The molecule has 0 saturated carbocycles. The van der Waals surface area contributed by atoms with Gasteiger partial charge in [-0.05, 0) is 52.9 Å². The number of unbranched alkanes of at least 4 members (excludes halogenated alkanes) is 3. The summed E-state index contributed by atoms with van der Waals surface area (Å²) in [6.07, 6.45) is 7.74. The van der Waals surface area contributed by atoms with Gasteiger partial charge in [0.15, 0.2) is 0 Å². The van der Waals surface area contributed by atoms with Gasteiger partial charge < -0.3 is 9.47 Å². The smallest absolute Gasteiger partial charge is 0.132 e. The Labute approximate surface area is 125 Å². The summed E-state index contributed by atoms with van der Waals surface area (Å²) in [6.45, 7) is 9.68. The van der Waals surface area contributed by atoms with Crippen LogP contribution in [0.1, 0.15) is 72.6 Å². The van der Waals surface area contributed by atoms with Gasteiger partial charge in [0.1, 0.15) is 5.78 Å². The molecule has 0 amide bonds. The summed E-state index contributed by atoms with van der Waals surface area (Å²) in [5, 5.41) is 0. The average molecular weight is 286 g/mol. The molecular formula is C17H34O3. The molecule has 0 aliphatic rings. The van der Waals surface area contributed by atoms with E-state index in [2.05, 4.69) is 13.8 Å². The van der Waals surface area contributed by atoms with Crippen molar-refractivity contribution in [2.45, 2.75) is 78.2 Å². The van der Waals surface area contributed by atoms with Crippen LogP contribution in [0.15, 0.2) is 0 Å². The molecule has 1 atom stereocenters. The normalized spacial score (nSPS) is 13.4. The molecule has 0 fully saturated rings. The van der Waals surface area contributed by atoms with Crippen LogP contribution in [0.25, 0.3) is 0 Å². The van der Waals surface area contributed by atoms with Gasteiger partial charge in [0.05, 0.1) is 5.60 Å². The highest BCUT2D eigenvalue weighted by atomic mass is 16.5. The van der Waals surface area contributed by atoms with E-state index in [9.17, 15) is 4.79 Å². The van der Waals surface area contributed by atoms with Crippen LogP contribution in [0.3, 0.4) is 0 Å². The fraction of sp³-hybridized carbons (Fsp3) is 0.941. The number of ether oxygens (including phenoxy) is 2. The Kier molecular flexibility index (Phi) is 11.0. The molecule has 1 unspecified atom stereocenters. The molecule has 0 aromatic heterocycles. The van der Waals surface area contributed by atoms with Gasteiger partial charge in [-0.3, -0.25) is 4.79 Å². The summed E-state index contributed by atoms with van der Waals surface area (Å²) < 4.78 is 11.0. The van der Waals surface area contributed by atoms with Crippen molar-refractivity contribution >= 4 is 5.78 Å². The molecular weight excluding hydrogens is 252 g/mol. The Hall–Kier alpha value is -0.410. The first-order chi connectivity index (χ1) is 9.39. The number of carbonyl (C=O) groups is 1. The second-order valence-electron chi connectivity index (χ2n) is 6.42. The monoisotopic (exact) mass is 286 g/mol. The molecule has 0 heterocycles. The van der Waals surface area contributed by atoms with Gasteiger partial charge in [-0.15, -0.1) is 0 Å². The lowest BCUT2D eigenvalue weighted by molar-refractivity contribution is -0.120. The molecule has 0 bridgehead atoms. The number of hydrogen-bond acceptors (Lipinski definition) is 3. The van der Waals surface area contributed by atoms with Gasteiger partial charge in [-0.2, -0.15) is 0 Å². The molecule has 20 heavy (non-hydrogen) atoms. The van der Waals surface area contributed by atoms with E-state index in [0.29, 0.717) is 5.78 Å². The SMILES string of the molecule is COCCCCCCOC(C)(C)CCCC(C)C(C)=O. The second-order valence-corrected chi connectivity index (χ2v) is 6.42. The van der Waals surface area contributed by atoms with Gasteiger partial charge in [0.25, 0.3) is 0 Å². The van der Waals surface area contributed by atoms with Crippen molar-refractivity contribution in [2.75, 3.05) is 20.3 Å². The predicted octanol–water partition coefficient (Wildman–Crippen LogP) is 4.38. The van der Waals surface area contributed by atoms with Crippen molar-refractivity contribution in [3.05, 3.63) is 0 Å². The molecule has 0 N–H and O–H groups in total. The molecule has 0 aromatic carbocycles. The van der Waals surface area contributed by atoms with Gasteiger partial charge in [0.2, 0.25) is 0 Å². The molecule has 0 aliphatic heterocycles. The van der Waals surface area contributed by atoms with Crippen LogP contribution in [0.2, 0.25) is 0 Å². The van der Waals surface area contributed by atoms with Crippen molar-refractivity contribution in [3.63, 3.8) is 0 Å². The fourth-order valence-corrected chi connectivity index (χ4v) is 2.16. The summed E-state index contributed by atoms with van der Waals surface area (Å²) in [4.78, 5) is 11.2. The van der Waals surface area contributed by atoms with Crippen LogP contribution >= 0.6 is 0 Å². The highest BCUT2D eigenvalue weighted by molar-refractivity contribution is 5.77. The van der Waals surface area contributed by atoms with Gasteiger partial charge in [0, 0.05) is 26.2 Å². The van der Waals surface area contributed by atoms with E-state index in [-0.39, 0.29) is 11.5 Å². The maximum atomic E-state index is 11.2. The third-order valence-corrected chi connectivity index (χ3v) is 3.85. The maximum Gasteiger partial charge on any atom is 0.132 e. The van der Waals surface area contributed by atoms with E-state index in [1.54, 1.807) is 14.0 Å². The quantitative estimate of drug-likeness (QED) is 0.471. The number of hydrogen-bond donors (Lipinski definition) is 0. The summed E-state index contributed by atoms with van der Waals surface area (Å²) in [6, 6.07) is 0. The van der Waals surface area contributed by atoms with Crippen LogP contribution in [-0.2, 0) is 14.3 Å². The zero-order chi connectivity index (χ0) is 15.4. The average Bonchev–Trinajstić information content (AvgIpc) is 2.37. The zero-order valence-electron chi connectivity index (χ0n) is 14.2. The number of rotatable bonds is 13. The fourth-order valence-electron chi connectivity index (χ4n) is 2.16. The lowest BCUT2D eigenvalue weighted by Gasteiger charge is -2.26. The topological polar surface area (TPSA) is 35.5 Å². The standard InChI is InChI=1S/C17H34O3/c1-15(16(2)18)11-10-12-17(3,4)20-14-9-7-6-8-13-19-5/h15H,6-14H2,1-5H3. The van der Waals surface area contributed by atoms with E-state index < -0.39 is 0 Å². The Bertz CT molecular complexity index is 249. The van der Waals surface area contributed by atoms with Crippen LogP contribution in [-0.4, -0.2) is 31.7 Å². The largest absolute Gasteiger partial charge is 0.385 e. The minimum Gasteiger partial charge on any atom is -0.385 e. The summed E-state index contributed by atoms with van der Waals surface area (Å²) in [5.41, 5.74) is -0.0664. The number of carbonyl (C=O) groups excluding carboxylic acids is 1. The van der Waals surface area contributed by atoms with Crippen molar-refractivity contribution in [2.24, 2.45) is 5.92 Å². The Balaban J connectivity index is 3.56. The number of Topliss-reactive ketones (excluding diaryl/α,β-unsaturated/α-hetero) is 1. The summed E-state index contributed by atoms with van der Waals surface area (Å²) >= 11 is 0. The highest BCUT2D eigenvalue weighted by Crippen LogP contribution is 2.21. The van der Waals surface area contributed by atoms with E-state index in [4.69, 9.17) is 9.47 Å². The summed E-state index contributed by atoms with van der Waals surface area (Å²) in [5.74, 6) is 0.478. The first kappa shape index (κ1) is 19.6. The minimum atomic E-state index is -0.0664. The van der Waals surface area contributed by atoms with Crippen molar-refractivity contribution < 1.29 is 14.3 Å². The zero-order valence-corrected chi connectivity index (χ0v) is 14.2. The molecule has 0 spiro atoms. The minimum absolute atomic E-state index is 0.0664. The van der Waals surface area contributed by atoms with Crippen molar-refractivity contribution in [1.29, 1.82) is 0 Å². The van der Waals surface area contributed by atoms with Crippen LogP contribution in [0, 0.1) is 5.92 Å². The Morgan fingerprint density at radius 3 is 2.20 bits per heavy atom. The molecule has 0 aromatic rings. The van der Waals surface area contributed by atoms with Crippen LogP contribution in [0.4, 0.5) is 0 Å².